The van der Waals surface area contributed by atoms with Gasteiger partial charge in [0.1, 0.15) is 17.1 Å². The molecule has 0 unspecified atom stereocenters. The van der Waals surface area contributed by atoms with Gasteiger partial charge in [0.05, 0.1) is 12.8 Å². The zero-order valence-corrected chi connectivity index (χ0v) is 8.81. The summed E-state index contributed by atoms with van der Waals surface area (Å²) in [4.78, 5) is 10.8. The Kier molecular flexibility index (Phi) is 3.09. The van der Waals surface area contributed by atoms with Gasteiger partial charge in [-0.3, -0.25) is 0 Å². The van der Waals surface area contributed by atoms with Crippen molar-refractivity contribution in [1.82, 2.24) is 0 Å². The van der Waals surface area contributed by atoms with Crippen LogP contribution in [-0.4, -0.2) is 11.1 Å². The number of carbonyl (C=O) groups is 1. The maximum atomic E-state index is 12.9. The Morgan fingerprint density at radius 1 is 1.41 bits per heavy atom. The van der Waals surface area contributed by atoms with Crippen LogP contribution in [0, 0.1) is 5.82 Å². The fourth-order valence-corrected chi connectivity index (χ4v) is 1.45. The molecule has 88 valence electrons. The average molecular weight is 235 g/mol. The number of rotatable bonds is 4. The molecule has 2 rings (SSSR count). The van der Waals surface area contributed by atoms with Gasteiger partial charge in [0.15, 0.2) is 0 Å². The molecule has 17 heavy (non-hydrogen) atoms. The van der Waals surface area contributed by atoms with E-state index < -0.39 is 5.97 Å². The predicted octanol–water partition coefficient (Wildman–Crippen LogP) is 2.73. The van der Waals surface area contributed by atoms with E-state index >= 15 is 0 Å². The lowest BCUT2D eigenvalue weighted by atomic mass is 10.2. The molecule has 0 fully saturated rings. The molecule has 0 aliphatic rings. The minimum atomic E-state index is -1.05. The lowest BCUT2D eigenvalue weighted by molar-refractivity contribution is 0.0694. The molecule has 1 heterocycles. The molecule has 0 amide bonds. The van der Waals surface area contributed by atoms with Crippen molar-refractivity contribution in [3.8, 4) is 0 Å². The van der Waals surface area contributed by atoms with Crippen LogP contribution in [-0.2, 0) is 6.54 Å². The number of aromatic carboxylic acids is 1. The molecule has 1 aromatic carbocycles. The zero-order chi connectivity index (χ0) is 12.3. The third-order valence-corrected chi connectivity index (χ3v) is 2.25. The zero-order valence-electron chi connectivity index (χ0n) is 8.81. The number of carboxylic acid groups (broad SMARTS) is 1. The second-order valence-electron chi connectivity index (χ2n) is 3.43. The van der Waals surface area contributed by atoms with E-state index in [0.29, 0.717) is 11.4 Å². The van der Waals surface area contributed by atoms with E-state index in [2.05, 4.69) is 5.32 Å². The summed E-state index contributed by atoms with van der Waals surface area (Å²) in [5.41, 5.74) is 0.673. The average Bonchev–Trinajstić information content (AvgIpc) is 2.74. The Hall–Kier alpha value is -2.30. The molecule has 0 bridgehead atoms. The van der Waals surface area contributed by atoms with Crippen molar-refractivity contribution in [1.29, 1.82) is 0 Å². The number of hydrogen-bond acceptors (Lipinski definition) is 3. The second-order valence-corrected chi connectivity index (χ2v) is 3.43. The summed E-state index contributed by atoms with van der Waals surface area (Å²) in [6.45, 7) is 0.193. The third kappa shape index (κ3) is 2.63. The number of benzene rings is 1. The number of furan rings is 1. The number of hydrogen-bond donors (Lipinski definition) is 2. The summed E-state index contributed by atoms with van der Waals surface area (Å²) in [5, 5.41) is 11.7. The molecular formula is C12H10FNO3. The Bertz CT molecular complexity index is 536. The lowest BCUT2D eigenvalue weighted by Gasteiger charge is -2.04. The summed E-state index contributed by atoms with van der Waals surface area (Å²) in [7, 11) is 0. The standard InChI is InChI=1S/C12H10FNO3/c13-8-2-1-3-9(6-8)14-7-11-10(12(15)16)4-5-17-11/h1-6,14H,7H2,(H,15,16). The first kappa shape index (κ1) is 11.2. The monoisotopic (exact) mass is 235 g/mol. The van der Waals surface area contributed by atoms with E-state index in [1.807, 2.05) is 0 Å². The van der Waals surface area contributed by atoms with Gasteiger partial charge >= 0.3 is 5.97 Å². The van der Waals surface area contributed by atoms with E-state index in [1.54, 1.807) is 12.1 Å². The van der Waals surface area contributed by atoms with Crippen LogP contribution in [0.4, 0.5) is 10.1 Å². The molecule has 0 aliphatic carbocycles. The molecular weight excluding hydrogens is 225 g/mol. The molecule has 5 heteroatoms. The fourth-order valence-electron chi connectivity index (χ4n) is 1.45. The van der Waals surface area contributed by atoms with Gasteiger partial charge in [0.25, 0.3) is 0 Å². The van der Waals surface area contributed by atoms with Gasteiger partial charge in [-0.25, -0.2) is 9.18 Å². The molecule has 0 aliphatic heterocycles. The fraction of sp³-hybridized carbons (Fsp3) is 0.0833. The number of nitrogens with one attached hydrogen (secondary N) is 1. The number of halogens is 1. The minimum absolute atomic E-state index is 0.105. The van der Waals surface area contributed by atoms with Crippen LogP contribution in [0.25, 0.3) is 0 Å². The molecule has 0 saturated carbocycles. The van der Waals surface area contributed by atoms with Gasteiger partial charge in [-0.05, 0) is 24.3 Å². The second kappa shape index (κ2) is 4.69. The smallest absolute Gasteiger partial charge is 0.339 e. The molecule has 2 N–H and O–H groups in total. The van der Waals surface area contributed by atoms with E-state index in [0.717, 1.165) is 0 Å². The minimum Gasteiger partial charge on any atom is -0.478 e. The normalized spacial score (nSPS) is 10.2. The largest absolute Gasteiger partial charge is 0.478 e. The maximum absolute atomic E-state index is 12.9. The topological polar surface area (TPSA) is 62.5 Å². The Balaban J connectivity index is 2.07. The molecule has 4 nitrogen and oxygen atoms in total. The van der Waals surface area contributed by atoms with Gasteiger partial charge in [0, 0.05) is 5.69 Å². The lowest BCUT2D eigenvalue weighted by Crippen LogP contribution is -2.04. The van der Waals surface area contributed by atoms with E-state index in [4.69, 9.17) is 9.52 Å². The van der Waals surface area contributed by atoms with Crippen molar-refractivity contribution in [2.24, 2.45) is 0 Å². The Morgan fingerprint density at radius 2 is 2.24 bits per heavy atom. The summed E-state index contributed by atoms with van der Waals surface area (Å²) in [6.07, 6.45) is 1.31. The molecule has 0 spiro atoms. The molecule has 0 atom stereocenters. The van der Waals surface area contributed by atoms with Gasteiger partial charge in [-0.2, -0.15) is 0 Å². The van der Waals surface area contributed by atoms with Crippen molar-refractivity contribution in [3.05, 3.63) is 53.7 Å². The van der Waals surface area contributed by atoms with E-state index in [9.17, 15) is 9.18 Å². The van der Waals surface area contributed by atoms with Crippen LogP contribution < -0.4 is 5.32 Å². The summed E-state index contributed by atoms with van der Waals surface area (Å²) < 4.78 is 17.9. The van der Waals surface area contributed by atoms with Gasteiger partial charge in [-0.15, -0.1) is 0 Å². The quantitative estimate of drug-likeness (QED) is 0.855. The summed E-state index contributed by atoms with van der Waals surface area (Å²) in [5.74, 6) is -1.09. The highest BCUT2D eigenvalue weighted by molar-refractivity contribution is 5.88. The van der Waals surface area contributed by atoms with Gasteiger partial charge in [0.2, 0.25) is 0 Å². The molecule has 2 aromatic rings. The summed E-state index contributed by atoms with van der Waals surface area (Å²) in [6, 6.07) is 7.29. The Labute approximate surface area is 96.7 Å². The molecule has 1 aromatic heterocycles. The SMILES string of the molecule is O=C(O)c1ccoc1CNc1cccc(F)c1. The van der Waals surface area contributed by atoms with Crippen molar-refractivity contribution >= 4 is 11.7 Å². The third-order valence-electron chi connectivity index (χ3n) is 2.25. The first-order chi connectivity index (χ1) is 8.16. The van der Waals surface area contributed by atoms with Gasteiger partial charge in [-0.1, -0.05) is 6.07 Å². The van der Waals surface area contributed by atoms with Crippen LogP contribution in [0.2, 0.25) is 0 Å². The highest BCUT2D eigenvalue weighted by Crippen LogP contribution is 2.14. The number of anilines is 1. The number of carboxylic acids is 1. The highest BCUT2D eigenvalue weighted by atomic mass is 19.1. The highest BCUT2D eigenvalue weighted by Gasteiger charge is 2.12. The van der Waals surface area contributed by atoms with Crippen LogP contribution in [0.1, 0.15) is 16.1 Å². The van der Waals surface area contributed by atoms with Crippen molar-refractivity contribution < 1.29 is 18.7 Å². The molecule has 0 radical (unpaired) electrons. The predicted molar refractivity (Wildman–Crippen MR) is 59.4 cm³/mol. The summed E-state index contributed by atoms with van der Waals surface area (Å²) >= 11 is 0. The van der Waals surface area contributed by atoms with E-state index in [-0.39, 0.29) is 17.9 Å². The van der Waals surface area contributed by atoms with Crippen LogP contribution in [0.5, 0.6) is 0 Å². The van der Waals surface area contributed by atoms with Crippen molar-refractivity contribution in [2.75, 3.05) is 5.32 Å². The first-order valence-electron chi connectivity index (χ1n) is 4.96. The Morgan fingerprint density at radius 3 is 2.94 bits per heavy atom. The van der Waals surface area contributed by atoms with Crippen molar-refractivity contribution in [2.45, 2.75) is 6.54 Å². The van der Waals surface area contributed by atoms with Crippen LogP contribution >= 0.6 is 0 Å². The molecule has 0 saturated heterocycles. The van der Waals surface area contributed by atoms with Crippen LogP contribution in [0.3, 0.4) is 0 Å². The first-order valence-corrected chi connectivity index (χ1v) is 4.96. The maximum Gasteiger partial charge on any atom is 0.339 e. The van der Waals surface area contributed by atoms with E-state index in [1.165, 1.54) is 24.5 Å². The van der Waals surface area contributed by atoms with Crippen LogP contribution in [0.15, 0.2) is 41.0 Å². The van der Waals surface area contributed by atoms with Crippen molar-refractivity contribution in [3.63, 3.8) is 0 Å². The van der Waals surface area contributed by atoms with Gasteiger partial charge < -0.3 is 14.8 Å².